The van der Waals surface area contributed by atoms with E-state index in [4.69, 9.17) is 24.9 Å². The molecule has 4 rings (SSSR count). The SMILES string of the molecule is NC(=NCC1(c2ccc3c(c2)OCO3)CCOCC1)N1CCCCC1. The van der Waals surface area contributed by atoms with Gasteiger partial charge in [-0.1, -0.05) is 6.07 Å². The predicted octanol–water partition coefficient (Wildman–Crippen LogP) is 2.26. The third kappa shape index (κ3) is 3.40. The molecule has 136 valence electrons. The predicted molar refractivity (Wildman–Crippen MR) is 96.2 cm³/mol. The van der Waals surface area contributed by atoms with Crippen LogP contribution in [0.1, 0.15) is 37.7 Å². The number of ether oxygens (including phenoxy) is 3. The van der Waals surface area contributed by atoms with Crippen LogP contribution in [0.15, 0.2) is 23.2 Å². The molecule has 3 heterocycles. The highest BCUT2D eigenvalue weighted by atomic mass is 16.7. The number of likely N-dealkylation sites (tertiary alicyclic amines) is 1. The lowest BCUT2D eigenvalue weighted by Crippen LogP contribution is -2.43. The highest BCUT2D eigenvalue weighted by Gasteiger charge is 2.35. The Morgan fingerprint density at radius 2 is 1.84 bits per heavy atom. The Kier molecular flexibility index (Phi) is 4.70. The van der Waals surface area contributed by atoms with Gasteiger partial charge in [0.05, 0.1) is 6.54 Å². The molecule has 6 heteroatoms. The lowest BCUT2D eigenvalue weighted by atomic mass is 9.74. The van der Waals surface area contributed by atoms with Gasteiger partial charge in [0.15, 0.2) is 17.5 Å². The third-order valence-corrected chi connectivity index (χ3v) is 5.66. The van der Waals surface area contributed by atoms with Crippen molar-refractivity contribution in [3.05, 3.63) is 23.8 Å². The zero-order chi connectivity index (χ0) is 17.1. The Hall–Kier alpha value is -1.95. The van der Waals surface area contributed by atoms with Crippen molar-refractivity contribution in [3.8, 4) is 11.5 Å². The number of hydrogen-bond donors (Lipinski definition) is 1. The van der Waals surface area contributed by atoms with Gasteiger partial charge in [-0.25, -0.2) is 0 Å². The maximum Gasteiger partial charge on any atom is 0.231 e. The Morgan fingerprint density at radius 3 is 2.64 bits per heavy atom. The van der Waals surface area contributed by atoms with Gasteiger partial charge >= 0.3 is 0 Å². The number of nitrogens with zero attached hydrogens (tertiary/aromatic N) is 2. The van der Waals surface area contributed by atoms with E-state index < -0.39 is 0 Å². The largest absolute Gasteiger partial charge is 0.454 e. The minimum absolute atomic E-state index is 0.0420. The Morgan fingerprint density at radius 1 is 1.08 bits per heavy atom. The fourth-order valence-corrected chi connectivity index (χ4v) is 3.98. The fourth-order valence-electron chi connectivity index (χ4n) is 3.98. The molecule has 1 aromatic carbocycles. The van der Waals surface area contributed by atoms with Crippen LogP contribution in [-0.4, -0.2) is 50.5 Å². The second-order valence-corrected chi connectivity index (χ2v) is 7.18. The zero-order valence-electron chi connectivity index (χ0n) is 14.7. The van der Waals surface area contributed by atoms with Gasteiger partial charge in [-0.3, -0.25) is 4.99 Å². The number of benzene rings is 1. The molecule has 0 amide bonds. The summed E-state index contributed by atoms with van der Waals surface area (Å²) >= 11 is 0. The van der Waals surface area contributed by atoms with Crippen molar-refractivity contribution in [2.45, 2.75) is 37.5 Å². The van der Waals surface area contributed by atoms with Gasteiger partial charge < -0.3 is 24.8 Å². The summed E-state index contributed by atoms with van der Waals surface area (Å²) in [6.45, 7) is 4.55. The number of hydrogen-bond acceptors (Lipinski definition) is 4. The number of aliphatic imine (C=N–C) groups is 1. The molecule has 2 N–H and O–H groups in total. The van der Waals surface area contributed by atoms with Crippen LogP contribution in [0, 0.1) is 0 Å². The number of piperidine rings is 1. The molecule has 0 bridgehead atoms. The Labute approximate surface area is 148 Å². The number of rotatable bonds is 3. The monoisotopic (exact) mass is 345 g/mol. The smallest absolute Gasteiger partial charge is 0.231 e. The molecule has 0 saturated carbocycles. The van der Waals surface area contributed by atoms with E-state index in [0.717, 1.165) is 50.6 Å². The first-order chi connectivity index (χ1) is 12.3. The maximum atomic E-state index is 6.29. The zero-order valence-corrected chi connectivity index (χ0v) is 14.7. The van der Waals surface area contributed by atoms with Gasteiger partial charge in [0, 0.05) is 31.7 Å². The molecule has 25 heavy (non-hydrogen) atoms. The van der Waals surface area contributed by atoms with Gasteiger partial charge in [-0.15, -0.1) is 0 Å². The first-order valence-corrected chi connectivity index (χ1v) is 9.30. The molecule has 6 nitrogen and oxygen atoms in total. The maximum absolute atomic E-state index is 6.29. The lowest BCUT2D eigenvalue weighted by molar-refractivity contribution is 0.0529. The standard InChI is InChI=1S/C19H27N3O3/c20-18(22-8-2-1-3-9-22)21-13-19(6-10-23-11-7-19)15-4-5-16-17(12-15)25-14-24-16/h4-5,12H,1-3,6-11,13-14H2,(H2,20,21). The summed E-state index contributed by atoms with van der Waals surface area (Å²) in [5.41, 5.74) is 7.50. The minimum atomic E-state index is -0.0420. The van der Waals surface area contributed by atoms with Crippen molar-refractivity contribution in [2.75, 3.05) is 39.6 Å². The quantitative estimate of drug-likeness (QED) is 0.672. The Bertz CT molecular complexity index is 635. The lowest BCUT2D eigenvalue weighted by Gasteiger charge is -2.37. The minimum Gasteiger partial charge on any atom is -0.454 e. The van der Waals surface area contributed by atoms with Crippen LogP contribution in [0.2, 0.25) is 0 Å². The van der Waals surface area contributed by atoms with E-state index in [-0.39, 0.29) is 5.41 Å². The van der Waals surface area contributed by atoms with Crippen molar-refractivity contribution in [1.82, 2.24) is 4.90 Å². The number of guanidine groups is 1. The summed E-state index contributed by atoms with van der Waals surface area (Å²) in [5.74, 6) is 2.34. The first kappa shape index (κ1) is 16.5. The molecular formula is C19H27N3O3. The fraction of sp³-hybridized carbons (Fsp3) is 0.632. The van der Waals surface area contributed by atoms with Crippen LogP contribution in [0.5, 0.6) is 11.5 Å². The van der Waals surface area contributed by atoms with Crippen molar-refractivity contribution in [3.63, 3.8) is 0 Å². The van der Waals surface area contributed by atoms with E-state index in [0.29, 0.717) is 19.3 Å². The molecule has 3 aliphatic heterocycles. The van der Waals surface area contributed by atoms with Crippen LogP contribution in [-0.2, 0) is 10.2 Å². The topological polar surface area (TPSA) is 69.3 Å². The molecule has 0 aromatic heterocycles. The van der Waals surface area contributed by atoms with E-state index in [1.165, 1.54) is 24.8 Å². The summed E-state index contributed by atoms with van der Waals surface area (Å²) in [4.78, 5) is 7.02. The van der Waals surface area contributed by atoms with Crippen molar-refractivity contribution in [2.24, 2.45) is 10.7 Å². The van der Waals surface area contributed by atoms with Crippen LogP contribution >= 0.6 is 0 Å². The molecule has 2 saturated heterocycles. The highest BCUT2D eigenvalue weighted by molar-refractivity contribution is 5.78. The molecule has 2 fully saturated rings. The highest BCUT2D eigenvalue weighted by Crippen LogP contribution is 2.41. The molecule has 0 spiro atoms. The van der Waals surface area contributed by atoms with Gasteiger partial charge in [-0.05, 0) is 49.8 Å². The van der Waals surface area contributed by atoms with Gasteiger partial charge in [0.1, 0.15) is 0 Å². The third-order valence-electron chi connectivity index (χ3n) is 5.66. The molecule has 1 aromatic rings. The van der Waals surface area contributed by atoms with E-state index in [1.54, 1.807) is 0 Å². The summed E-state index contributed by atoms with van der Waals surface area (Å²) in [5, 5.41) is 0. The Balaban J connectivity index is 1.56. The molecule has 3 aliphatic rings. The average molecular weight is 345 g/mol. The second-order valence-electron chi connectivity index (χ2n) is 7.18. The van der Waals surface area contributed by atoms with E-state index >= 15 is 0 Å². The molecule has 0 aliphatic carbocycles. The van der Waals surface area contributed by atoms with Crippen molar-refractivity contribution >= 4 is 5.96 Å². The molecule has 0 radical (unpaired) electrons. The first-order valence-electron chi connectivity index (χ1n) is 9.30. The van der Waals surface area contributed by atoms with Crippen molar-refractivity contribution in [1.29, 1.82) is 0 Å². The summed E-state index contributed by atoms with van der Waals surface area (Å²) in [7, 11) is 0. The van der Waals surface area contributed by atoms with Crippen LogP contribution in [0.3, 0.4) is 0 Å². The normalized spacial score (nSPS) is 22.9. The molecule has 0 unspecified atom stereocenters. The van der Waals surface area contributed by atoms with E-state index in [2.05, 4.69) is 17.0 Å². The van der Waals surface area contributed by atoms with Crippen molar-refractivity contribution < 1.29 is 14.2 Å². The number of nitrogens with two attached hydrogens (primary N) is 1. The van der Waals surface area contributed by atoms with Gasteiger partial charge in [0.2, 0.25) is 6.79 Å². The summed E-state index contributed by atoms with van der Waals surface area (Å²) in [6, 6.07) is 6.26. The molecular weight excluding hydrogens is 318 g/mol. The summed E-state index contributed by atoms with van der Waals surface area (Å²) < 4.78 is 16.6. The van der Waals surface area contributed by atoms with E-state index in [9.17, 15) is 0 Å². The average Bonchev–Trinajstić information content (AvgIpc) is 3.15. The van der Waals surface area contributed by atoms with Gasteiger partial charge in [-0.2, -0.15) is 0 Å². The van der Waals surface area contributed by atoms with Crippen LogP contribution in [0.4, 0.5) is 0 Å². The van der Waals surface area contributed by atoms with E-state index in [1.807, 2.05) is 6.07 Å². The number of fused-ring (bicyclic) bond motifs is 1. The van der Waals surface area contributed by atoms with Crippen LogP contribution < -0.4 is 15.2 Å². The van der Waals surface area contributed by atoms with Gasteiger partial charge in [0.25, 0.3) is 0 Å². The van der Waals surface area contributed by atoms with Crippen LogP contribution in [0.25, 0.3) is 0 Å². The summed E-state index contributed by atoms with van der Waals surface area (Å²) in [6.07, 6.45) is 5.60. The second kappa shape index (κ2) is 7.12. The molecule has 0 atom stereocenters.